The van der Waals surface area contributed by atoms with Crippen LogP contribution in [0.2, 0.25) is 0 Å². The summed E-state index contributed by atoms with van der Waals surface area (Å²) in [6, 6.07) is 4.68. The number of carboxylic acid groups (broad SMARTS) is 1. The van der Waals surface area contributed by atoms with Gasteiger partial charge in [0.1, 0.15) is 11.4 Å². The minimum atomic E-state index is -1.32. The predicted molar refractivity (Wildman–Crippen MR) is 84.4 cm³/mol. The van der Waals surface area contributed by atoms with E-state index < -0.39 is 17.4 Å². The fraction of sp³-hybridized carbons (Fsp3) is 0.375. The summed E-state index contributed by atoms with van der Waals surface area (Å²) in [5, 5.41) is 12.6. The number of benzene rings is 1. The van der Waals surface area contributed by atoms with Crippen LogP contribution in [0.5, 0.6) is 0 Å². The molecule has 23 heavy (non-hydrogen) atoms. The molecular weight excluding hydrogens is 321 g/mol. The molecule has 2 heterocycles. The molecule has 1 aliphatic rings. The quantitative estimate of drug-likeness (QED) is 0.903. The third-order valence-corrected chi connectivity index (χ3v) is 5.47. The Balaban J connectivity index is 1.96. The Labute approximate surface area is 136 Å². The van der Waals surface area contributed by atoms with Crippen molar-refractivity contribution in [2.24, 2.45) is 0 Å². The molecule has 2 N–H and O–H groups in total. The highest BCUT2D eigenvalue weighted by molar-refractivity contribution is 7.21. The zero-order valence-electron chi connectivity index (χ0n) is 12.5. The van der Waals surface area contributed by atoms with Gasteiger partial charge in [-0.3, -0.25) is 4.79 Å². The maximum Gasteiger partial charge on any atom is 0.329 e. The molecule has 1 fully saturated rings. The van der Waals surface area contributed by atoms with Gasteiger partial charge < -0.3 is 15.2 Å². The smallest absolute Gasteiger partial charge is 0.329 e. The summed E-state index contributed by atoms with van der Waals surface area (Å²) < 4.78 is 19.8. The van der Waals surface area contributed by atoms with Crippen molar-refractivity contribution in [1.29, 1.82) is 0 Å². The first-order valence-electron chi connectivity index (χ1n) is 7.26. The van der Waals surface area contributed by atoms with Crippen molar-refractivity contribution in [3.8, 4) is 0 Å². The van der Waals surface area contributed by atoms with E-state index >= 15 is 0 Å². The Morgan fingerprint density at radius 3 is 2.65 bits per heavy atom. The van der Waals surface area contributed by atoms with Crippen LogP contribution in [0.25, 0.3) is 10.1 Å². The van der Waals surface area contributed by atoms with Gasteiger partial charge in [-0.05, 0) is 24.6 Å². The van der Waals surface area contributed by atoms with E-state index in [1.807, 2.05) is 0 Å². The van der Waals surface area contributed by atoms with Crippen molar-refractivity contribution in [3.63, 3.8) is 0 Å². The molecule has 0 bridgehead atoms. The zero-order chi connectivity index (χ0) is 16.6. The molecule has 0 unspecified atom stereocenters. The summed E-state index contributed by atoms with van der Waals surface area (Å²) in [5.41, 5.74) is -0.788. The zero-order valence-corrected chi connectivity index (χ0v) is 13.3. The molecule has 1 amide bonds. The van der Waals surface area contributed by atoms with Gasteiger partial charge in [0.05, 0.1) is 4.88 Å². The van der Waals surface area contributed by atoms with Crippen LogP contribution in [0.15, 0.2) is 18.2 Å². The van der Waals surface area contributed by atoms with E-state index in [1.54, 1.807) is 19.1 Å². The summed E-state index contributed by atoms with van der Waals surface area (Å²) in [6.07, 6.45) is 0.429. The van der Waals surface area contributed by atoms with Crippen molar-refractivity contribution >= 4 is 33.3 Å². The largest absolute Gasteiger partial charge is 0.480 e. The number of rotatable bonds is 3. The van der Waals surface area contributed by atoms with Gasteiger partial charge >= 0.3 is 5.97 Å². The number of aliphatic carboxylic acids is 1. The monoisotopic (exact) mass is 337 g/mol. The molecule has 0 saturated carbocycles. The third-order valence-electron chi connectivity index (χ3n) is 4.22. The lowest BCUT2D eigenvalue weighted by atomic mass is 9.90. The first-order valence-corrected chi connectivity index (χ1v) is 8.07. The summed E-state index contributed by atoms with van der Waals surface area (Å²) in [7, 11) is 0. The molecule has 1 saturated heterocycles. The molecular formula is C16H16FNO4S. The molecule has 1 aromatic carbocycles. The van der Waals surface area contributed by atoms with E-state index in [0.29, 0.717) is 20.5 Å². The standard InChI is InChI=1S/C16H16FNO4S/c1-9-12-10(17)3-2-4-11(12)23-13(9)14(19)18-16(15(20)21)5-7-22-8-6-16/h2-4H,5-8H2,1H3,(H,18,19)(H,20,21). The van der Waals surface area contributed by atoms with Crippen molar-refractivity contribution in [2.45, 2.75) is 25.3 Å². The molecule has 1 aromatic heterocycles. The van der Waals surface area contributed by atoms with Gasteiger partial charge in [-0.2, -0.15) is 0 Å². The number of carbonyl (C=O) groups excluding carboxylic acids is 1. The average Bonchev–Trinajstić information content (AvgIpc) is 2.86. The fourth-order valence-corrected chi connectivity index (χ4v) is 3.97. The lowest BCUT2D eigenvalue weighted by Gasteiger charge is -2.33. The minimum absolute atomic E-state index is 0.215. The van der Waals surface area contributed by atoms with Crippen LogP contribution < -0.4 is 5.32 Å². The Morgan fingerprint density at radius 2 is 2.04 bits per heavy atom. The number of halogens is 1. The number of carbonyl (C=O) groups is 2. The van der Waals surface area contributed by atoms with Crippen LogP contribution in [0.3, 0.4) is 0 Å². The van der Waals surface area contributed by atoms with Gasteiger partial charge in [0, 0.05) is 36.1 Å². The molecule has 0 aliphatic carbocycles. The van der Waals surface area contributed by atoms with Crippen LogP contribution in [0.4, 0.5) is 4.39 Å². The Bertz CT molecular complexity index is 780. The average molecular weight is 337 g/mol. The molecule has 7 heteroatoms. The Hall–Kier alpha value is -1.99. The second kappa shape index (κ2) is 5.90. The molecule has 3 rings (SSSR count). The van der Waals surface area contributed by atoms with E-state index in [4.69, 9.17) is 4.74 Å². The number of hydrogen-bond acceptors (Lipinski definition) is 4. The first kappa shape index (κ1) is 15.9. The second-order valence-electron chi connectivity index (χ2n) is 5.62. The van der Waals surface area contributed by atoms with E-state index in [1.165, 1.54) is 17.4 Å². The SMILES string of the molecule is Cc1c(C(=O)NC2(C(=O)O)CCOCC2)sc2cccc(F)c12. The molecule has 0 atom stereocenters. The van der Waals surface area contributed by atoms with E-state index in [9.17, 15) is 19.1 Å². The maximum absolute atomic E-state index is 14.0. The van der Waals surface area contributed by atoms with Gasteiger partial charge in [0.25, 0.3) is 5.91 Å². The first-order chi connectivity index (χ1) is 10.9. The van der Waals surface area contributed by atoms with Crippen LogP contribution in [0, 0.1) is 12.7 Å². The summed E-state index contributed by atoms with van der Waals surface area (Å²) >= 11 is 1.17. The number of aryl methyl sites for hydroxylation is 1. The van der Waals surface area contributed by atoms with Gasteiger partial charge in [-0.25, -0.2) is 9.18 Å². The van der Waals surface area contributed by atoms with Gasteiger partial charge in [0.2, 0.25) is 0 Å². The summed E-state index contributed by atoms with van der Waals surface area (Å²) in [6.45, 7) is 2.24. The topological polar surface area (TPSA) is 75.6 Å². The predicted octanol–water partition coefficient (Wildman–Crippen LogP) is 2.71. The molecule has 122 valence electrons. The normalized spacial score (nSPS) is 17.1. The maximum atomic E-state index is 14.0. The van der Waals surface area contributed by atoms with E-state index in [-0.39, 0.29) is 31.9 Å². The van der Waals surface area contributed by atoms with Crippen LogP contribution in [-0.4, -0.2) is 35.7 Å². The van der Waals surface area contributed by atoms with Crippen molar-refractivity contribution < 1.29 is 23.8 Å². The molecule has 0 spiro atoms. The highest BCUT2D eigenvalue weighted by atomic mass is 32.1. The van der Waals surface area contributed by atoms with Gasteiger partial charge in [-0.15, -0.1) is 11.3 Å². The van der Waals surface area contributed by atoms with Crippen molar-refractivity contribution in [1.82, 2.24) is 5.32 Å². The number of thiophene rings is 1. The summed E-state index contributed by atoms with van der Waals surface area (Å²) in [5.74, 6) is -1.93. The Kier molecular flexibility index (Phi) is 4.08. The number of fused-ring (bicyclic) bond motifs is 1. The third kappa shape index (κ3) is 2.70. The minimum Gasteiger partial charge on any atom is -0.480 e. The van der Waals surface area contributed by atoms with Gasteiger partial charge in [0.15, 0.2) is 0 Å². The van der Waals surface area contributed by atoms with Crippen LogP contribution in [-0.2, 0) is 9.53 Å². The molecule has 1 aliphatic heterocycles. The lowest BCUT2D eigenvalue weighted by molar-refractivity contribution is -0.148. The number of ether oxygens (including phenoxy) is 1. The van der Waals surface area contributed by atoms with Crippen LogP contribution >= 0.6 is 11.3 Å². The Morgan fingerprint density at radius 1 is 1.35 bits per heavy atom. The fourth-order valence-electron chi connectivity index (χ4n) is 2.86. The van der Waals surface area contributed by atoms with Gasteiger partial charge in [-0.1, -0.05) is 6.07 Å². The second-order valence-corrected chi connectivity index (χ2v) is 6.68. The lowest BCUT2D eigenvalue weighted by Crippen LogP contribution is -2.57. The van der Waals surface area contributed by atoms with E-state index in [2.05, 4.69) is 5.32 Å². The van der Waals surface area contributed by atoms with Crippen molar-refractivity contribution in [3.05, 3.63) is 34.5 Å². The number of nitrogens with one attached hydrogen (secondary N) is 1. The highest BCUT2D eigenvalue weighted by Gasteiger charge is 2.42. The van der Waals surface area contributed by atoms with Crippen LogP contribution in [0.1, 0.15) is 28.1 Å². The molecule has 0 radical (unpaired) electrons. The number of hydrogen-bond donors (Lipinski definition) is 2. The highest BCUT2D eigenvalue weighted by Crippen LogP contribution is 2.33. The summed E-state index contributed by atoms with van der Waals surface area (Å²) in [4.78, 5) is 24.6. The molecule has 5 nitrogen and oxygen atoms in total. The van der Waals surface area contributed by atoms with Crippen molar-refractivity contribution in [2.75, 3.05) is 13.2 Å². The molecule has 2 aromatic rings. The number of amides is 1. The number of carboxylic acids is 1. The van der Waals surface area contributed by atoms with E-state index in [0.717, 1.165) is 0 Å².